The Labute approximate surface area is 126 Å². The number of nitrogens with zero attached hydrogens (tertiary/aromatic N) is 1. The zero-order chi connectivity index (χ0) is 15.0. The van der Waals surface area contributed by atoms with Crippen LogP contribution in [0.15, 0.2) is 41.5 Å². The normalized spacial score (nSPS) is 25.6. The van der Waals surface area contributed by atoms with Crippen molar-refractivity contribution in [3.05, 3.63) is 47.5 Å². The van der Waals surface area contributed by atoms with Crippen LogP contribution in [0.3, 0.4) is 0 Å². The summed E-state index contributed by atoms with van der Waals surface area (Å²) in [5.74, 6) is 1.07. The first-order valence-electron chi connectivity index (χ1n) is 7.59. The molecular weight excluding hydrogens is 260 g/mol. The maximum absolute atomic E-state index is 12.1. The molecule has 3 nitrogen and oxygen atoms in total. The van der Waals surface area contributed by atoms with Crippen LogP contribution >= 0.6 is 0 Å². The van der Waals surface area contributed by atoms with Crippen molar-refractivity contribution in [2.24, 2.45) is 16.9 Å². The van der Waals surface area contributed by atoms with Crippen LogP contribution in [0.2, 0.25) is 0 Å². The third-order valence-corrected chi connectivity index (χ3v) is 4.48. The first-order valence-corrected chi connectivity index (χ1v) is 7.59. The molecule has 2 unspecified atom stereocenters. The van der Waals surface area contributed by atoms with Gasteiger partial charge in [-0.25, -0.2) is 5.43 Å². The maximum atomic E-state index is 12.1. The molecule has 1 fully saturated rings. The molecule has 1 aromatic rings. The summed E-state index contributed by atoms with van der Waals surface area (Å²) in [5.41, 5.74) is 5.81. The highest BCUT2D eigenvalue weighted by molar-refractivity contribution is 5.98. The Morgan fingerprint density at radius 2 is 1.95 bits per heavy atom. The van der Waals surface area contributed by atoms with Gasteiger partial charge in [0.2, 0.25) is 0 Å². The second-order valence-corrected chi connectivity index (χ2v) is 7.01. The van der Waals surface area contributed by atoms with Gasteiger partial charge in [-0.1, -0.05) is 45.1 Å². The number of carbonyl (C=O) groups excluding carboxylic acids is 1. The summed E-state index contributed by atoms with van der Waals surface area (Å²) in [4.78, 5) is 12.1. The maximum Gasteiger partial charge on any atom is 0.271 e. The van der Waals surface area contributed by atoms with E-state index in [1.54, 1.807) is 0 Å². The third kappa shape index (κ3) is 2.78. The Morgan fingerprint density at radius 1 is 1.24 bits per heavy atom. The van der Waals surface area contributed by atoms with E-state index in [0.29, 0.717) is 17.4 Å². The number of fused-ring (bicyclic) bond motifs is 1. The molecule has 0 radical (unpaired) electrons. The fraction of sp³-hybridized carbons (Fsp3) is 0.444. The molecule has 0 bridgehead atoms. The van der Waals surface area contributed by atoms with Gasteiger partial charge in [0.05, 0.1) is 0 Å². The predicted octanol–water partition coefficient (Wildman–Crippen LogP) is 3.67. The van der Waals surface area contributed by atoms with Crippen LogP contribution in [0.4, 0.5) is 0 Å². The Kier molecular flexibility index (Phi) is 3.44. The second-order valence-electron chi connectivity index (χ2n) is 7.01. The van der Waals surface area contributed by atoms with Gasteiger partial charge in [-0.15, -0.1) is 0 Å². The highest BCUT2D eigenvalue weighted by Gasteiger charge is 2.38. The van der Waals surface area contributed by atoms with Crippen molar-refractivity contribution in [1.82, 2.24) is 5.43 Å². The summed E-state index contributed by atoms with van der Waals surface area (Å²) in [7, 11) is 0. The Balaban J connectivity index is 1.62. The van der Waals surface area contributed by atoms with E-state index in [4.69, 9.17) is 0 Å². The standard InChI is InChI=1S/C18H22N2O/c1-18(2,3)14-9-7-12(8-10-14)17(21)20-19-16-11-13-5-4-6-15(13)16/h4-5,7-10,13,15H,6,11H2,1-3H3,(H,20,21). The summed E-state index contributed by atoms with van der Waals surface area (Å²) in [6.07, 6.45) is 6.53. The number of benzene rings is 1. The number of allylic oxidation sites excluding steroid dienone is 2. The van der Waals surface area contributed by atoms with Crippen molar-refractivity contribution in [2.75, 3.05) is 0 Å². The molecule has 110 valence electrons. The minimum atomic E-state index is -0.127. The Hall–Kier alpha value is -1.90. The molecule has 3 rings (SSSR count). The zero-order valence-electron chi connectivity index (χ0n) is 12.9. The highest BCUT2D eigenvalue weighted by atomic mass is 16.2. The van der Waals surface area contributed by atoms with E-state index in [2.05, 4.69) is 43.5 Å². The molecule has 1 aromatic carbocycles. The lowest BCUT2D eigenvalue weighted by Crippen LogP contribution is -2.35. The number of carbonyl (C=O) groups is 1. The summed E-state index contributed by atoms with van der Waals surface area (Å²) in [6, 6.07) is 7.78. The molecule has 0 aromatic heterocycles. The van der Waals surface area contributed by atoms with Crippen LogP contribution in [-0.4, -0.2) is 11.6 Å². The fourth-order valence-electron chi connectivity index (χ4n) is 2.97. The van der Waals surface area contributed by atoms with E-state index in [1.807, 2.05) is 24.3 Å². The molecular formula is C18H22N2O. The number of rotatable bonds is 2. The molecule has 3 heteroatoms. The predicted molar refractivity (Wildman–Crippen MR) is 85.4 cm³/mol. The Morgan fingerprint density at radius 3 is 2.57 bits per heavy atom. The molecule has 2 atom stereocenters. The van der Waals surface area contributed by atoms with Gasteiger partial charge in [0.25, 0.3) is 5.91 Å². The zero-order valence-corrected chi connectivity index (χ0v) is 12.9. The van der Waals surface area contributed by atoms with Gasteiger partial charge in [-0.05, 0) is 41.9 Å². The van der Waals surface area contributed by atoms with Crippen LogP contribution in [-0.2, 0) is 5.41 Å². The summed E-state index contributed by atoms with van der Waals surface area (Å²) in [5, 5.41) is 4.30. The third-order valence-electron chi connectivity index (χ3n) is 4.48. The SMILES string of the molecule is CC(C)(C)c1ccc(C(=O)NN=C2CC3C=CCC23)cc1. The first kappa shape index (κ1) is 14.1. The van der Waals surface area contributed by atoms with Gasteiger partial charge in [-0.2, -0.15) is 5.10 Å². The van der Waals surface area contributed by atoms with E-state index >= 15 is 0 Å². The number of hydrogen-bond acceptors (Lipinski definition) is 2. The van der Waals surface area contributed by atoms with Crippen LogP contribution in [0, 0.1) is 11.8 Å². The van der Waals surface area contributed by atoms with Crippen molar-refractivity contribution in [3.63, 3.8) is 0 Å². The van der Waals surface area contributed by atoms with E-state index < -0.39 is 0 Å². The summed E-state index contributed by atoms with van der Waals surface area (Å²) < 4.78 is 0. The second kappa shape index (κ2) is 5.14. The fourth-order valence-corrected chi connectivity index (χ4v) is 2.97. The molecule has 1 amide bonds. The molecule has 0 heterocycles. The van der Waals surface area contributed by atoms with Gasteiger partial charge >= 0.3 is 0 Å². The number of hydrogen-bond donors (Lipinski definition) is 1. The summed E-state index contributed by atoms with van der Waals surface area (Å²) >= 11 is 0. The monoisotopic (exact) mass is 282 g/mol. The van der Waals surface area contributed by atoms with Crippen LogP contribution in [0.5, 0.6) is 0 Å². The molecule has 0 spiro atoms. The van der Waals surface area contributed by atoms with E-state index in [1.165, 1.54) is 5.56 Å². The lowest BCUT2D eigenvalue weighted by atomic mass is 9.74. The molecule has 1 N–H and O–H groups in total. The quantitative estimate of drug-likeness (QED) is 0.652. The van der Waals surface area contributed by atoms with Gasteiger partial charge in [0.15, 0.2) is 0 Å². The Bertz CT molecular complexity index is 605. The number of hydrazone groups is 1. The highest BCUT2D eigenvalue weighted by Crippen LogP contribution is 2.40. The van der Waals surface area contributed by atoms with E-state index in [9.17, 15) is 4.79 Å². The molecule has 0 aliphatic heterocycles. The lowest BCUT2D eigenvalue weighted by Gasteiger charge is -2.31. The molecule has 0 saturated heterocycles. The average Bonchev–Trinajstić information content (AvgIpc) is 2.79. The minimum Gasteiger partial charge on any atom is -0.267 e. The van der Waals surface area contributed by atoms with Crippen molar-refractivity contribution in [1.29, 1.82) is 0 Å². The topological polar surface area (TPSA) is 41.5 Å². The van der Waals surface area contributed by atoms with Gasteiger partial charge in [-0.3, -0.25) is 4.79 Å². The van der Waals surface area contributed by atoms with Crippen LogP contribution in [0.1, 0.15) is 49.5 Å². The van der Waals surface area contributed by atoms with Crippen LogP contribution < -0.4 is 5.43 Å². The summed E-state index contributed by atoms with van der Waals surface area (Å²) in [6.45, 7) is 6.49. The molecule has 21 heavy (non-hydrogen) atoms. The van der Waals surface area contributed by atoms with E-state index in [0.717, 1.165) is 18.6 Å². The molecule has 2 aliphatic carbocycles. The largest absolute Gasteiger partial charge is 0.271 e. The van der Waals surface area contributed by atoms with E-state index in [-0.39, 0.29) is 11.3 Å². The van der Waals surface area contributed by atoms with Crippen molar-refractivity contribution in [3.8, 4) is 0 Å². The molecule has 2 aliphatic rings. The van der Waals surface area contributed by atoms with Crippen molar-refractivity contribution in [2.45, 2.75) is 39.0 Å². The average molecular weight is 282 g/mol. The van der Waals surface area contributed by atoms with Crippen molar-refractivity contribution < 1.29 is 4.79 Å². The van der Waals surface area contributed by atoms with Crippen LogP contribution in [0.25, 0.3) is 0 Å². The van der Waals surface area contributed by atoms with Gasteiger partial charge in [0.1, 0.15) is 0 Å². The first-order chi connectivity index (χ1) is 9.95. The van der Waals surface area contributed by atoms with Gasteiger partial charge in [0, 0.05) is 17.2 Å². The van der Waals surface area contributed by atoms with Gasteiger partial charge < -0.3 is 0 Å². The number of nitrogens with one attached hydrogen (secondary N) is 1. The lowest BCUT2D eigenvalue weighted by molar-refractivity contribution is 0.0954. The van der Waals surface area contributed by atoms with Crippen molar-refractivity contribution >= 4 is 11.6 Å². The molecule has 1 saturated carbocycles. The smallest absolute Gasteiger partial charge is 0.267 e. The number of amides is 1. The minimum absolute atomic E-state index is 0.103.